The molecule has 0 spiro atoms. The van der Waals surface area contributed by atoms with Crippen molar-refractivity contribution in [3.05, 3.63) is 71.7 Å². The van der Waals surface area contributed by atoms with E-state index in [4.69, 9.17) is 14.6 Å². The molecule has 0 bridgehead atoms. The Hall–Kier alpha value is -2.74. The van der Waals surface area contributed by atoms with Crippen LogP contribution in [0.5, 0.6) is 11.6 Å². The largest absolute Gasteiger partial charge is 0.438 e. The topological polar surface area (TPSA) is 59.8 Å². The van der Waals surface area contributed by atoms with E-state index in [-0.39, 0.29) is 18.0 Å². The molecule has 190 valence electrons. The molecular formula is C28H38FN3O3. The molecule has 0 amide bonds. The summed E-state index contributed by atoms with van der Waals surface area (Å²) < 4.78 is 27.7. The van der Waals surface area contributed by atoms with Crippen LogP contribution in [-0.4, -0.2) is 51.2 Å². The van der Waals surface area contributed by atoms with Gasteiger partial charge in [-0.25, -0.2) is 9.07 Å². The van der Waals surface area contributed by atoms with E-state index in [0.717, 1.165) is 23.5 Å². The smallest absolute Gasteiger partial charge is 0.227 e. The van der Waals surface area contributed by atoms with Crippen molar-refractivity contribution in [2.75, 3.05) is 19.7 Å². The molecule has 2 aromatic carbocycles. The van der Waals surface area contributed by atoms with Gasteiger partial charge in [-0.15, -0.1) is 0 Å². The Balaban J connectivity index is 1.93. The van der Waals surface area contributed by atoms with Gasteiger partial charge in [-0.3, -0.25) is 4.90 Å². The lowest BCUT2D eigenvalue weighted by Gasteiger charge is -2.28. The second-order valence-corrected chi connectivity index (χ2v) is 10.3. The Bertz CT molecular complexity index is 1080. The minimum absolute atomic E-state index is 0.257. The summed E-state index contributed by atoms with van der Waals surface area (Å²) in [5.41, 5.74) is 2.24. The molecule has 0 fully saturated rings. The molecular weight excluding hydrogens is 445 g/mol. The standard InChI is InChI=1S/C28H38FN3O3/c1-20(2)16-31(17-24(33)19-34-28(4,5)6)18-26-21(3)30-32(23-12-8-7-9-13-23)27(26)35-25-14-10-11-22(29)15-25/h7-15,20,24,33H,16-19H2,1-6H3/t24-/m1/s1. The van der Waals surface area contributed by atoms with E-state index < -0.39 is 6.10 Å². The summed E-state index contributed by atoms with van der Waals surface area (Å²) in [6, 6.07) is 15.8. The lowest BCUT2D eigenvalue weighted by atomic mass is 10.1. The second kappa shape index (κ2) is 11.8. The molecule has 35 heavy (non-hydrogen) atoms. The molecule has 1 atom stereocenters. The number of aryl methyl sites for hydroxylation is 1. The number of hydrogen-bond acceptors (Lipinski definition) is 5. The summed E-state index contributed by atoms with van der Waals surface area (Å²) in [5.74, 6) is 0.962. The zero-order valence-electron chi connectivity index (χ0n) is 21.7. The van der Waals surface area contributed by atoms with Crippen molar-refractivity contribution >= 4 is 0 Å². The van der Waals surface area contributed by atoms with Crippen LogP contribution >= 0.6 is 0 Å². The third-order valence-electron chi connectivity index (χ3n) is 5.33. The molecule has 0 saturated carbocycles. The highest BCUT2D eigenvalue weighted by Crippen LogP contribution is 2.32. The molecule has 1 aromatic heterocycles. The van der Waals surface area contributed by atoms with Crippen molar-refractivity contribution in [3.63, 3.8) is 0 Å². The van der Waals surface area contributed by atoms with Crippen molar-refractivity contribution in [1.29, 1.82) is 0 Å². The fraction of sp³-hybridized carbons (Fsp3) is 0.464. The first kappa shape index (κ1) is 26.9. The average Bonchev–Trinajstić information content (AvgIpc) is 3.07. The van der Waals surface area contributed by atoms with E-state index >= 15 is 0 Å². The number of aliphatic hydroxyl groups excluding tert-OH is 1. The summed E-state index contributed by atoms with van der Waals surface area (Å²) in [7, 11) is 0. The molecule has 0 radical (unpaired) electrons. The van der Waals surface area contributed by atoms with Crippen LogP contribution in [0.2, 0.25) is 0 Å². The molecule has 0 aliphatic heterocycles. The Kier molecular flexibility index (Phi) is 9.05. The zero-order valence-corrected chi connectivity index (χ0v) is 21.7. The molecule has 1 N–H and O–H groups in total. The van der Waals surface area contributed by atoms with Crippen LogP contribution in [0.25, 0.3) is 5.69 Å². The number of benzene rings is 2. The molecule has 0 saturated heterocycles. The monoisotopic (exact) mass is 483 g/mol. The van der Waals surface area contributed by atoms with Gasteiger partial charge in [-0.05, 0) is 57.9 Å². The molecule has 3 aromatic rings. The molecule has 7 heteroatoms. The minimum Gasteiger partial charge on any atom is -0.438 e. The number of rotatable bonds is 11. The summed E-state index contributed by atoms with van der Waals surface area (Å²) in [6.45, 7) is 14.2. The lowest BCUT2D eigenvalue weighted by Crippen LogP contribution is -2.38. The van der Waals surface area contributed by atoms with Crippen molar-refractivity contribution in [2.45, 2.75) is 59.8 Å². The molecule has 0 aliphatic rings. The van der Waals surface area contributed by atoms with E-state index in [1.54, 1.807) is 16.8 Å². The number of para-hydroxylation sites is 1. The van der Waals surface area contributed by atoms with Gasteiger partial charge in [0, 0.05) is 25.7 Å². The van der Waals surface area contributed by atoms with Crippen LogP contribution in [-0.2, 0) is 11.3 Å². The van der Waals surface area contributed by atoms with Crippen molar-refractivity contribution in [2.24, 2.45) is 5.92 Å². The predicted octanol–water partition coefficient (Wildman–Crippen LogP) is 5.75. The van der Waals surface area contributed by atoms with Gasteiger partial charge in [-0.2, -0.15) is 5.10 Å². The number of nitrogens with zero attached hydrogens (tertiary/aromatic N) is 3. The number of aliphatic hydroxyl groups is 1. The van der Waals surface area contributed by atoms with Crippen molar-refractivity contribution in [3.8, 4) is 17.3 Å². The molecule has 6 nitrogen and oxygen atoms in total. The van der Waals surface area contributed by atoms with Crippen LogP contribution in [0.3, 0.4) is 0 Å². The highest BCUT2D eigenvalue weighted by molar-refractivity contribution is 5.43. The minimum atomic E-state index is -0.634. The first-order chi connectivity index (χ1) is 16.5. The van der Waals surface area contributed by atoms with E-state index in [2.05, 4.69) is 18.7 Å². The highest BCUT2D eigenvalue weighted by atomic mass is 19.1. The summed E-state index contributed by atoms with van der Waals surface area (Å²) in [6.07, 6.45) is -0.634. The van der Waals surface area contributed by atoms with E-state index in [0.29, 0.717) is 30.6 Å². The van der Waals surface area contributed by atoms with E-state index in [1.807, 2.05) is 58.0 Å². The van der Waals surface area contributed by atoms with Gasteiger partial charge in [0.2, 0.25) is 5.88 Å². The Labute approximate surface area is 208 Å². The maximum atomic E-state index is 13.9. The molecule has 1 heterocycles. The number of ether oxygens (including phenoxy) is 2. The maximum Gasteiger partial charge on any atom is 0.227 e. The molecule has 0 aliphatic carbocycles. The average molecular weight is 484 g/mol. The third kappa shape index (κ3) is 8.16. The van der Waals surface area contributed by atoms with Gasteiger partial charge in [0.25, 0.3) is 0 Å². The fourth-order valence-electron chi connectivity index (χ4n) is 3.85. The van der Waals surface area contributed by atoms with E-state index in [1.165, 1.54) is 12.1 Å². The third-order valence-corrected chi connectivity index (χ3v) is 5.33. The summed E-state index contributed by atoms with van der Waals surface area (Å²) >= 11 is 0. The van der Waals surface area contributed by atoms with Gasteiger partial charge in [0.15, 0.2) is 0 Å². The normalized spacial score (nSPS) is 13.0. The second-order valence-electron chi connectivity index (χ2n) is 10.3. The molecule has 3 rings (SSSR count). The Morgan fingerprint density at radius 3 is 2.40 bits per heavy atom. The predicted molar refractivity (Wildman–Crippen MR) is 137 cm³/mol. The van der Waals surface area contributed by atoms with Gasteiger partial charge < -0.3 is 14.6 Å². The Morgan fingerprint density at radius 2 is 1.77 bits per heavy atom. The maximum absolute atomic E-state index is 13.9. The van der Waals surface area contributed by atoms with Crippen LogP contribution in [0.1, 0.15) is 45.9 Å². The summed E-state index contributed by atoms with van der Waals surface area (Å²) in [4.78, 5) is 2.19. The van der Waals surface area contributed by atoms with Crippen molar-refractivity contribution in [1.82, 2.24) is 14.7 Å². The highest BCUT2D eigenvalue weighted by Gasteiger charge is 2.24. The summed E-state index contributed by atoms with van der Waals surface area (Å²) in [5, 5.41) is 15.5. The van der Waals surface area contributed by atoms with Gasteiger partial charge in [-0.1, -0.05) is 38.1 Å². The van der Waals surface area contributed by atoms with Crippen LogP contribution in [0, 0.1) is 18.7 Å². The zero-order chi connectivity index (χ0) is 25.6. The van der Waals surface area contributed by atoms with E-state index in [9.17, 15) is 9.50 Å². The van der Waals surface area contributed by atoms with Crippen molar-refractivity contribution < 1.29 is 19.0 Å². The lowest BCUT2D eigenvalue weighted by molar-refractivity contribution is -0.0573. The SMILES string of the molecule is Cc1nn(-c2ccccc2)c(Oc2cccc(F)c2)c1CN(CC(C)C)C[C@@H](O)COC(C)(C)C. The quantitative estimate of drug-likeness (QED) is 0.377. The van der Waals surface area contributed by atoms with Crippen LogP contribution in [0.15, 0.2) is 54.6 Å². The Morgan fingerprint density at radius 1 is 1.06 bits per heavy atom. The van der Waals surface area contributed by atoms with Gasteiger partial charge >= 0.3 is 0 Å². The number of halogens is 1. The number of hydrogen-bond donors (Lipinski definition) is 1. The number of aromatic nitrogens is 2. The first-order valence-corrected chi connectivity index (χ1v) is 12.1. The van der Waals surface area contributed by atoms with Gasteiger partial charge in [0.1, 0.15) is 11.6 Å². The van der Waals surface area contributed by atoms with Crippen LogP contribution < -0.4 is 4.74 Å². The first-order valence-electron chi connectivity index (χ1n) is 12.1. The van der Waals surface area contributed by atoms with Crippen LogP contribution in [0.4, 0.5) is 4.39 Å². The fourth-order valence-corrected chi connectivity index (χ4v) is 3.85. The van der Waals surface area contributed by atoms with Gasteiger partial charge in [0.05, 0.1) is 35.3 Å². The molecule has 0 unspecified atom stereocenters.